The van der Waals surface area contributed by atoms with E-state index in [1.165, 1.54) is 51.4 Å². The summed E-state index contributed by atoms with van der Waals surface area (Å²) in [5.74, 6) is 0.467. The maximum Gasteiger partial charge on any atom is 0.239 e. The van der Waals surface area contributed by atoms with E-state index in [1.807, 2.05) is 0 Å². The molecule has 0 aromatic rings. The molecule has 0 unspecified atom stereocenters. The van der Waals surface area contributed by atoms with Crippen LogP contribution in [-0.4, -0.2) is 16.9 Å². The first-order chi connectivity index (χ1) is 11.0. The monoisotopic (exact) mass is 368 g/mol. The molecule has 0 aliphatic heterocycles. The Kier molecular flexibility index (Phi) is 16.4. The molecule has 0 saturated carbocycles. The zero-order chi connectivity index (χ0) is 17.5. The second-order valence-electron chi connectivity index (χ2n) is 6.87. The van der Waals surface area contributed by atoms with E-state index in [-0.39, 0.29) is 11.7 Å². The first-order valence-electron chi connectivity index (χ1n) is 9.61. The second-order valence-corrected chi connectivity index (χ2v) is 9.95. The lowest BCUT2D eigenvalue weighted by Crippen LogP contribution is -2.20. The van der Waals surface area contributed by atoms with Crippen molar-refractivity contribution in [2.75, 3.05) is 0 Å². The Morgan fingerprint density at radius 3 is 1.65 bits per heavy atom. The molecule has 0 fully saturated rings. The van der Waals surface area contributed by atoms with Crippen molar-refractivity contribution in [1.82, 2.24) is 0 Å². The van der Waals surface area contributed by atoms with Crippen LogP contribution >= 0.6 is 21.6 Å². The van der Waals surface area contributed by atoms with Crippen molar-refractivity contribution in [2.24, 2.45) is 5.92 Å². The molecule has 0 heterocycles. The molecule has 0 N–H and O–H groups in total. The molecule has 0 aromatic heterocycles. The zero-order valence-corrected chi connectivity index (χ0v) is 17.3. The van der Waals surface area contributed by atoms with Crippen LogP contribution in [0.3, 0.4) is 0 Å². The molecular formula is C19H38F2S2. The Morgan fingerprint density at radius 2 is 1.26 bits per heavy atom. The number of hydrogen-bond donors (Lipinski definition) is 0. The van der Waals surface area contributed by atoms with Crippen LogP contribution in [0.25, 0.3) is 0 Å². The predicted octanol–water partition coefficient (Wildman–Crippen LogP) is 8.36. The number of unbranched alkanes of at least 4 members (excludes halogenated alkanes) is 6. The third kappa shape index (κ3) is 14.6. The summed E-state index contributed by atoms with van der Waals surface area (Å²) in [6.45, 7) is 8.73. The Hall–Kier alpha value is 0.560. The highest BCUT2D eigenvalue weighted by atomic mass is 33.1. The second kappa shape index (κ2) is 16.1. The van der Waals surface area contributed by atoms with Gasteiger partial charge in [-0.2, -0.15) is 0 Å². The van der Waals surface area contributed by atoms with E-state index >= 15 is 0 Å². The molecule has 1 atom stereocenters. The Morgan fingerprint density at radius 1 is 0.739 bits per heavy atom. The molecular weight excluding hydrogens is 330 g/mol. The van der Waals surface area contributed by atoms with E-state index in [2.05, 4.69) is 27.7 Å². The highest BCUT2D eigenvalue weighted by molar-refractivity contribution is 8.77. The minimum Gasteiger partial charge on any atom is -0.210 e. The van der Waals surface area contributed by atoms with Gasteiger partial charge in [-0.25, -0.2) is 8.78 Å². The first-order valence-corrected chi connectivity index (χ1v) is 11.9. The van der Waals surface area contributed by atoms with Gasteiger partial charge >= 0.3 is 0 Å². The predicted molar refractivity (Wildman–Crippen MR) is 106 cm³/mol. The van der Waals surface area contributed by atoms with Gasteiger partial charge in [-0.1, -0.05) is 101 Å². The van der Waals surface area contributed by atoms with Gasteiger partial charge in [0.1, 0.15) is 0 Å². The van der Waals surface area contributed by atoms with Crippen molar-refractivity contribution in [3.63, 3.8) is 0 Å². The van der Waals surface area contributed by atoms with Crippen LogP contribution in [0, 0.1) is 5.92 Å². The van der Waals surface area contributed by atoms with Gasteiger partial charge in [0, 0.05) is 16.9 Å². The number of rotatable bonds is 16. The van der Waals surface area contributed by atoms with Gasteiger partial charge in [0.2, 0.25) is 6.43 Å². The largest absolute Gasteiger partial charge is 0.239 e. The van der Waals surface area contributed by atoms with Crippen molar-refractivity contribution in [2.45, 2.75) is 115 Å². The lowest BCUT2D eigenvalue weighted by Gasteiger charge is -2.27. The number of alkyl halides is 2. The van der Waals surface area contributed by atoms with Crippen molar-refractivity contribution >= 4 is 21.6 Å². The maximum atomic E-state index is 13.0. The van der Waals surface area contributed by atoms with Crippen molar-refractivity contribution in [3.8, 4) is 0 Å². The highest BCUT2D eigenvalue weighted by Gasteiger charge is 2.25. The molecule has 0 nitrogen and oxygen atoms in total. The Balaban J connectivity index is 4.53. The maximum absolute atomic E-state index is 13.0. The Labute approximate surface area is 151 Å². The minimum absolute atomic E-state index is 0.0661. The quantitative estimate of drug-likeness (QED) is 0.198. The van der Waals surface area contributed by atoms with Gasteiger partial charge in [-0.15, -0.1) is 0 Å². The van der Waals surface area contributed by atoms with Crippen LogP contribution in [0.4, 0.5) is 8.78 Å². The third-order valence-corrected chi connectivity index (χ3v) is 7.71. The van der Waals surface area contributed by atoms with Gasteiger partial charge in [0.25, 0.3) is 0 Å². The zero-order valence-electron chi connectivity index (χ0n) is 15.7. The fraction of sp³-hybridized carbons (Fsp3) is 1.00. The molecule has 0 spiro atoms. The van der Waals surface area contributed by atoms with Gasteiger partial charge in [0.15, 0.2) is 0 Å². The van der Waals surface area contributed by atoms with Crippen LogP contribution in [0.5, 0.6) is 0 Å². The number of halogens is 2. The third-order valence-electron chi connectivity index (χ3n) is 4.16. The van der Waals surface area contributed by atoms with Crippen LogP contribution in [0.1, 0.15) is 98.3 Å². The standard InChI is InChI=1S/C19H38F2S2/c1-5-7-9-11-13-17(14-12-10-8-6-2)18(15-19(20)21)23-22-16(3)4/h16-19H,5-15H2,1-4H3/t18-/m0/s1. The smallest absolute Gasteiger partial charge is 0.210 e. The van der Waals surface area contributed by atoms with Gasteiger partial charge < -0.3 is 0 Å². The minimum atomic E-state index is -2.17. The van der Waals surface area contributed by atoms with E-state index in [1.54, 1.807) is 21.6 Å². The molecule has 0 amide bonds. The van der Waals surface area contributed by atoms with E-state index in [4.69, 9.17) is 0 Å². The van der Waals surface area contributed by atoms with Crippen molar-refractivity contribution < 1.29 is 8.78 Å². The number of hydrogen-bond acceptors (Lipinski definition) is 2. The van der Waals surface area contributed by atoms with E-state index in [0.717, 1.165) is 12.8 Å². The van der Waals surface area contributed by atoms with E-state index < -0.39 is 6.43 Å². The lowest BCUT2D eigenvalue weighted by molar-refractivity contribution is 0.128. The van der Waals surface area contributed by atoms with Gasteiger partial charge in [-0.3, -0.25) is 0 Å². The topological polar surface area (TPSA) is 0 Å². The first kappa shape index (κ1) is 23.6. The summed E-state index contributed by atoms with van der Waals surface area (Å²) >= 11 is 0. The summed E-state index contributed by atoms with van der Waals surface area (Å²) in [7, 11) is 3.51. The average molecular weight is 369 g/mol. The molecule has 0 saturated heterocycles. The van der Waals surface area contributed by atoms with Crippen LogP contribution < -0.4 is 0 Å². The van der Waals surface area contributed by atoms with Gasteiger partial charge in [-0.05, 0) is 18.8 Å². The van der Waals surface area contributed by atoms with Crippen LogP contribution in [-0.2, 0) is 0 Å². The van der Waals surface area contributed by atoms with E-state index in [9.17, 15) is 8.78 Å². The molecule has 4 heteroatoms. The molecule has 23 heavy (non-hydrogen) atoms. The summed E-state index contributed by atoms with van der Waals surface area (Å²) in [5.41, 5.74) is 0. The lowest BCUT2D eigenvalue weighted by atomic mass is 9.90. The SMILES string of the molecule is CCCCCCC(CCCCCC)[C@H](CC(F)F)SSC(C)C. The van der Waals surface area contributed by atoms with Crippen LogP contribution in [0.2, 0.25) is 0 Å². The van der Waals surface area contributed by atoms with Gasteiger partial charge in [0.05, 0.1) is 0 Å². The summed E-state index contributed by atoms with van der Waals surface area (Å²) in [6.07, 6.45) is 10.1. The summed E-state index contributed by atoms with van der Waals surface area (Å²) in [6, 6.07) is 0. The molecule has 0 rings (SSSR count). The van der Waals surface area contributed by atoms with E-state index in [0.29, 0.717) is 11.2 Å². The molecule has 0 aromatic carbocycles. The van der Waals surface area contributed by atoms with Crippen molar-refractivity contribution in [1.29, 1.82) is 0 Å². The highest BCUT2D eigenvalue weighted by Crippen LogP contribution is 2.40. The fourth-order valence-corrected chi connectivity index (χ4v) is 5.67. The molecule has 0 aliphatic carbocycles. The van der Waals surface area contributed by atoms with Crippen LogP contribution in [0.15, 0.2) is 0 Å². The molecule has 0 radical (unpaired) electrons. The molecule has 0 bridgehead atoms. The normalized spacial score (nSPS) is 13.4. The summed E-state index contributed by atoms with van der Waals surface area (Å²) < 4.78 is 26.1. The Bertz CT molecular complexity index is 236. The average Bonchev–Trinajstić information content (AvgIpc) is 2.49. The molecule has 140 valence electrons. The molecule has 0 aliphatic rings. The fourth-order valence-electron chi connectivity index (χ4n) is 2.85. The van der Waals surface area contributed by atoms with Crippen molar-refractivity contribution in [3.05, 3.63) is 0 Å². The summed E-state index contributed by atoms with van der Waals surface area (Å²) in [4.78, 5) is 0. The summed E-state index contributed by atoms with van der Waals surface area (Å²) in [5, 5.41) is 0.617.